The predicted octanol–water partition coefficient (Wildman–Crippen LogP) is 4.74. The largest absolute Gasteiger partial charge is 0.302 e. The van der Waals surface area contributed by atoms with Crippen LogP contribution in [-0.4, -0.2) is 56.6 Å². The number of nitrogens with zero attached hydrogens (tertiary/aromatic N) is 3. The van der Waals surface area contributed by atoms with Gasteiger partial charge >= 0.3 is 0 Å². The van der Waals surface area contributed by atoms with Crippen molar-refractivity contribution in [3.8, 4) is 0 Å². The Kier molecular flexibility index (Phi) is 8.05. The first-order chi connectivity index (χ1) is 15.2. The van der Waals surface area contributed by atoms with Crippen LogP contribution < -0.4 is 4.90 Å². The van der Waals surface area contributed by atoms with Gasteiger partial charge in [0.05, 0.1) is 15.1 Å². The van der Waals surface area contributed by atoms with Gasteiger partial charge in [0.2, 0.25) is 0 Å². The average molecular weight is 492 g/mol. The number of thiazole rings is 1. The lowest BCUT2D eigenvalue weighted by atomic mass is 10.2. The highest BCUT2D eigenvalue weighted by Gasteiger charge is 2.20. The van der Waals surface area contributed by atoms with E-state index in [0.717, 1.165) is 23.4 Å². The quantitative estimate of drug-likeness (QED) is 0.404. The van der Waals surface area contributed by atoms with Gasteiger partial charge in [0, 0.05) is 30.4 Å². The molecular weight excluding hydrogens is 466 g/mol. The molecule has 0 fully saturated rings. The van der Waals surface area contributed by atoms with Gasteiger partial charge in [-0.25, -0.2) is 13.4 Å². The number of fused-ring (bicyclic) bond motifs is 1. The molecule has 0 saturated heterocycles. The van der Waals surface area contributed by atoms with E-state index in [1.807, 2.05) is 18.2 Å². The number of carbonyl (C=O) groups excluding carboxylic acids is 1. The summed E-state index contributed by atoms with van der Waals surface area (Å²) in [4.78, 5) is 21.9. The van der Waals surface area contributed by atoms with Crippen molar-refractivity contribution < 1.29 is 13.2 Å². The van der Waals surface area contributed by atoms with Crippen molar-refractivity contribution in [3.63, 3.8) is 0 Å². The number of sulfone groups is 1. The van der Waals surface area contributed by atoms with Crippen molar-refractivity contribution in [1.82, 2.24) is 9.88 Å². The van der Waals surface area contributed by atoms with Crippen molar-refractivity contribution in [1.29, 1.82) is 0 Å². The van der Waals surface area contributed by atoms with Gasteiger partial charge in [-0.1, -0.05) is 55.0 Å². The minimum atomic E-state index is -3.33. The molecule has 1 heterocycles. The number of aromatic nitrogens is 1. The Morgan fingerprint density at radius 3 is 2.50 bits per heavy atom. The molecule has 0 atom stereocenters. The maximum absolute atomic E-state index is 13.2. The van der Waals surface area contributed by atoms with E-state index < -0.39 is 9.84 Å². The molecule has 3 rings (SSSR count). The molecule has 9 heteroatoms. The lowest BCUT2D eigenvalue weighted by Crippen LogP contribution is -2.38. The van der Waals surface area contributed by atoms with Crippen LogP contribution in [0.3, 0.4) is 0 Å². The molecule has 0 radical (unpaired) electrons. The molecule has 2 aromatic carbocycles. The molecule has 0 aliphatic heterocycles. The average Bonchev–Trinajstić information content (AvgIpc) is 3.18. The number of anilines is 1. The zero-order valence-electron chi connectivity index (χ0n) is 18.3. The summed E-state index contributed by atoms with van der Waals surface area (Å²) in [7, 11) is -3.33. The van der Waals surface area contributed by atoms with Crippen molar-refractivity contribution in [2.45, 2.75) is 18.7 Å². The molecule has 1 aromatic heterocycles. The smallest absolute Gasteiger partial charge is 0.252 e. The van der Waals surface area contributed by atoms with E-state index in [1.54, 1.807) is 35.2 Å². The maximum atomic E-state index is 13.2. The van der Waals surface area contributed by atoms with Crippen molar-refractivity contribution in [2.24, 2.45) is 0 Å². The third-order valence-corrected chi connectivity index (χ3v) is 7.61. The van der Waals surface area contributed by atoms with Gasteiger partial charge in [0.1, 0.15) is 0 Å². The van der Waals surface area contributed by atoms with E-state index in [2.05, 4.69) is 23.7 Å². The minimum absolute atomic E-state index is 0.209. The number of hydrogen-bond donors (Lipinski definition) is 0. The number of amides is 1. The summed E-state index contributed by atoms with van der Waals surface area (Å²) in [6.45, 7) is 7.08. The van der Waals surface area contributed by atoms with Crippen LogP contribution in [-0.2, 0) is 14.6 Å². The maximum Gasteiger partial charge on any atom is 0.252 e. The topological polar surface area (TPSA) is 70.6 Å². The zero-order valence-corrected chi connectivity index (χ0v) is 20.7. The molecule has 0 unspecified atom stereocenters. The first kappa shape index (κ1) is 24.4. The second kappa shape index (κ2) is 10.6. The molecule has 6 nitrogen and oxygen atoms in total. The summed E-state index contributed by atoms with van der Waals surface area (Å²) in [5.41, 5.74) is 1.42. The normalized spacial score (nSPS) is 12.2. The van der Waals surface area contributed by atoms with Crippen LogP contribution in [0, 0.1) is 0 Å². The second-order valence-electron chi connectivity index (χ2n) is 7.27. The van der Waals surface area contributed by atoms with Gasteiger partial charge in [0.25, 0.3) is 5.91 Å². The van der Waals surface area contributed by atoms with Crippen LogP contribution in [0.15, 0.2) is 53.4 Å². The van der Waals surface area contributed by atoms with Crippen molar-refractivity contribution in [3.05, 3.63) is 59.1 Å². The van der Waals surface area contributed by atoms with E-state index in [4.69, 9.17) is 11.6 Å². The minimum Gasteiger partial charge on any atom is -0.302 e. The number of likely N-dealkylation sites (N-methyl/N-ethyl adjacent to an activating group) is 1. The number of rotatable bonds is 9. The van der Waals surface area contributed by atoms with Gasteiger partial charge in [-0.15, -0.1) is 0 Å². The van der Waals surface area contributed by atoms with Crippen LogP contribution >= 0.6 is 22.9 Å². The standard InChI is InChI=1S/C23H26ClN3O3S2/c1-4-26(5-2)14-15-27(22(28)13-10-17-8-6-7-9-19(17)24)23-25-20-12-11-18(32(3,29)30)16-21(20)31-23/h6-13,16H,4-5,14-15H2,1-3H3. The van der Waals surface area contributed by atoms with E-state index in [0.29, 0.717) is 28.8 Å². The SMILES string of the molecule is CCN(CC)CCN(C(=O)C=Cc1ccccc1Cl)c1nc2ccc(S(C)(=O)=O)cc2s1. The van der Waals surface area contributed by atoms with E-state index in [-0.39, 0.29) is 10.8 Å². The molecule has 170 valence electrons. The summed E-state index contributed by atoms with van der Waals surface area (Å²) in [5, 5.41) is 1.10. The lowest BCUT2D eigenvalue weighted by Gasteiger charge is -2.23. The fourth-order valence-electron chi connectivity index (χ4n) is 3.18. The Labute approximate surface area is 198 Å². The molecule has 3 aromatic rings. The van der Waals surface area contributed by atoms with Gasteiger partial charge in [0.15, 0.2) is 15.0 Å². The Bertz CT molecular complexity index is 1230. The monoisotopic (exact) mass is 491 g/mol. The summed E-state index contributed by atoms with van der Waals surface area (Å²) in [5.74, 6) is -0.209. The Balaban J connectivity index is 1.94. The van der Waals surface area contributed by atoms with Gasteiger partial charge in [-0.2, -0.15) is 0 Å². The van der Waals surface area contributed by atoms with Gasteiger partial charge in [-0.3, -0.25) is 9.69 Å². The summed E-state index contributed by atoms with van der Waals surface area (Å²) < 4.78 is 24.5. The summed E-state index contributed by atoms with van der Waals surface area (Å²) in [6.07, 6.45) is 4.37. The Morgan fingerprint density at radius 1 is 1.12 bits per heavy atom. The van der Waals surface area contributed by atoms with Gasteiger partial charge in [-0.05, 0) is 49.0 Å². The van der Waals surface area contributed by atoms with Gasteiger partial charge < -0.3 is 4.90 Å². The van der Waals surface area contributed by atoms with Crippen LogP contribution in [0.2, 0.25) is 5.02 Å². The molecular formula is C23H26ClN3O3S2. The summed E-state index contributed by atoms with van der Waals surface area (Å²) >= 11 is 7.51. The molecule has 0 spiro atoms. The third-order valence-electron chi connectivity index (χ3n) is 5.12. The van der Waals surface area contributed by atoms with Crippen LogP contribution in [0.25, 0.3) is 16.3 Å². The number of carbonyl (C=O) groups is 1. The van der Waals surface area contributed by atoms with E-state index >= 15 is 0 Å². The first-order valence-corrected chi connectivity index (χ1v) is 13.4. The predicted molar refractivity (Wildman–Crippen MR) is 133 cm³/mol. The fraction of sp³-hybridized carbons (Fsp3) is 0.304. The van der Waals surface area contributed by atoms with E-state index in [9.17, 15) is 13.2 Å². The molecule has 0 bridgehead atoms. The molecule has 32 heavy (non-hydrogen) atoms. The molecule has 0 saturated carbocycles. The zero-order chi connectivity index (χ0) is 23.3. The Hall–Kier alpha value is -2.26. The highest BCUT2D eigenvalue weighted by Crippen LogP contribution is 2.31. The van der Waals surface area contributed by atoms with Crippen molar-refractivity contribution >= 4 is 60.1 Å². The highest BCUT2D eigenvalue weighted by atomic mass is 35.5. The number of halogens is 1. The van der Waals surface area contributed by atoms with Crippen LogP contribution in [0.1, 0.15) is 19.4 Å². The Morgan fingerprint density at radius 2 is 1.84 bits per heavy atom. The van der Waals surface area contributed by atoms with E-state index in [1.165, 1.54) is 23.7 Å². The van der Waals surface area contributed by atoms with Crippen LogP contribution in [0.4, 0.5) is 5.13 Å². The molecule has 0 N–H and O–H groups in total. The van der Waals surface area contributed by atoms with Crippen molar-refractivity contribution in [2.75, 3.05) is 37.3 Å². The second-order valence-corrected chi connectivity index (χ2v) is 10.7. The highest BCUT2D eigenvalue weighted by molar-refractivity contribution is 7.90. The number of benzene rings is 2. The first-order valence-electron chi connectivity index (χ1n) is 10.3. The third kappa shape index (κ3) is 5.95. The lowest BCUT2D eigenvalue weighted by molar-refractivity contribution is -0.114. The fourth-order valence-corrected chi connectivity index (χ4v) is 5.14. The summed E-state index contributed by atoms with van der Waals surface area (Å²) in [6, 6.07) is 12.1. The number of hydrogen-bond acceptors (Lipinski definition) is 6. The molecule has 0 aliphatic rings. The molecule has 1 amide bonds. The molecule has 0 aliphatic carbocycles. The van der Waals surface area contributed by atoms with Crippen LogP contribution in [0.5, 0.6) is 0 Å².